The summed E-state index contributed by atoms with van der Waals surface area (Å²) in [6, 6.07) is -0.109. The van der Waals surface area contributed by atoms with Crippen LogP contribution in [-0.4, -0.2) is 40.6 Å². The van der Waals surface area contributed by atoms with Crippen molar-refractivity contribution >= 4 is 12.0 Å². The normalized spacial score (nSPS) is 21.3. The fraction of sp³-hybridized carbons (Fsp3) is 0.857. The van der Waals surface area contributed by atoms with Gasteiger partial charge in [-0.3, -0.25) is 4.79 Å². The molecule has 0 spiro atoms. The summed E-state index contributed by atoms with van der Waals surface area (Å²) in [7, 11) is 0. The van der Waals surface area contributed by atoms with Crippen molar-refractivity contribution < 1.29 is 14.7 Å². The zero-order valence-electron chi connectivity index (χ0n) is 12.2. The fourth-order valence-electron chi connectivity index (χ4n) is 2.66. The Hall–Kier alpha value is -1.26. The van der Waals surface area contributed by atoms with Crippen molar-refractivity contribution in [2.75, 3.05) is 6.54 Å². The van der Waals surface area contributed by atoms with Crippen molar-refractivity contribution in [1.29, 1.82) is 0 Å². The summed E-state index contributed by atoms with van der Waals surface area (Å²) in [5.74, 6) is -0.447. The highest BCUT2D eigenvalue weighted by Gasteiger charge is 2.29. The van der Waals surface area contributed by atoms with E-state index in [0.29, 0.717) is 12.5 Å². The number of rotatable bonds is 5. The molecule has 0 aliphatic carbocycles. The quantitative estimate of drug-likeness (QED) is 0.806. The van der Waals surface area contributed by atoms with Crippen LogP contribution in [0, 0.1) is 5.92 Å². The van der Waals surface area contributed by atoms with Gasteiger partial charge in [-0.1, -0.05) is 20.8 Å². The monoisotopic (exact) mass is 270 g/mol. The maximum absolute atomic E-state index is 12.3. The van der Waals surface area contributed by atoms with Crippen LogP contribution in [0.3, 0.4) is 0 Å². The first kappa shape index (κ1) is 15.8. The molecule has 0 aromatic carbocycles. The largest absolute Gasteiger partial charge is 0.481 e. The second-order valence-electron chi connectivity index (χ2n) is 5.65. The number of piperidine rings is 1. The molecule has 1 fully saturated rings. The second-order valence-corrected chi connectivity index (χ2v) is 5.65. The molecular formula is C14H26N2O3. The Morgan fingerprint density at radius 3 is 2.58 bits per heavy atom. The van der Waals surface area contributed by atoms with Gasteiger partial charge in [-0.25, -0.2) is 4.79 Å². The van der Waals surface area contributed by atoms with E-state index in [-0.39, 0.29) is 24.5 Å². The molecular weight excluding hydrogens is 244 g/mol. The van der Waals surface area contributed by atoms with E-state index >= 15 is 0 Å². The third kappa shape index (κ3) is 4.73. The van der Waals surface area contributed by atoms with E-state index in [9.17, 15) is 9.59 Å². The summed E-state index contributed by atoms with van der Waals surface area (Å²) in [5.41, 5.74) is 0. The average molecular weight is 270 g/mol. The molecule has 1 heterocycles. The number of likely N-dealkylation sites (tertiary alicyclic amines) is 1. The molecule has 0 radical (unpaired) electrons. The molecule has 2 unspecified atom stereocenters. The molecule has 5 heteroatoms. The Kier molecular flexibility index (Phi) is 6.12. The number of aliphatic carboxylic acids is 1. The number of hydrogen-bond acceptors (Lipinski definition) is 2. The summed E-state index contributed by atoms with van der Waals surface area (Å²) in [6.45, 7) is 6.88. The van der Waals surface area contributed by atoms with Crippen LogP contribution in [0.1, 0.15) is 52.9 Å². The zero-order chi connectivity index (χ0) is 14.4. The molecule has 1 rings (SSSR count). The molecule has 2 atom stereocenters. The predicted octanol–water partition coefficient (Wildman–Crippen LogP) is 2.46. The predicted molar refractivity (Wildman–Crippen MR) is 74.0 cm³/mol. The van der Waals surface area contributed by atoms with Gasteiger partial charge in [0.15, 0.2) is 0 Å². The first-order valence-electron chi connectivity index (χ1n) is 7.24. The Labute approximate surface area is 115 Å². The lowest BCUT2D eigenvalue weighted by Crippen LogP contribution is -2.52. The zero-order valence-corrected chi connectivity index (χ0v) is 12.2. The highest BCUT2D eigenvalue weighted by Crippen LogP contribution is 2.20. The maximum atomic E-state index is 12.3. The highest BCUT2D eigenvalue weighted by molar-refractivity contribution is 5.76. The molecule has 2 N–H and O–H groups in total. The first-order valence-corrected chi connectivity index (χ1v) is 7.24. The summed E-state index contributed by atoms with van der Waals surface area (Å²) in [5, 5.41) is 12.0. The van der Waals surface area contributed by atoms with Crippen molar-refractivity contribution in [2.45, 2.75) is 65.0 Å². The molecule has 0 bridgehead atoms. The van der Waals surface area contributed by atoms with Gasteiger partial charge in [0, 0.05) is 18.6 Å². The van der Waals surface area contributed by atoms with E-state index in [2.05, 4.69) is 26.1 Å². The van der Waals surface area contributed by atoms with Gasteiger partial charge >= 0.3 is 12.0 Å². The molecule has 19 heavy (non-hydrogen) atoms. The molecule has 2 amide bonds. The van der Waals surface area contributed by atoms with Crippen LogP contribution in [0.4, 0.5) is 4.79 Å². The first-order chi connectivity index (χ1) is 8.95. The second kappa shape index (κ2) is 7.36. The third-order valence-corrected chi connectivity index (χ3v) is 3.85. The lowest BCUT2D eigenvalue weighted by Gasteiger charge is -2.36. The number of nitrogens with zero attached hydrogens (tertiary/aromatic N) is 1. The van der Waals surface area contributed by atoms with Crippen LogP contribution in [-0.2, 0) is 4.79 Å². The standard InChI is InChI=1S/C14H26N2O3/c1-4-12(10(2)3)15-14(19)16-8-6-5-7-11(16)9-13(17)18/h10-12H,4-9H2,1-3H3,(H,15,19)(H,17,18). The van der Waals surface area contributed by atoms with E-state index < -0.39 is 5.97 Å². The lowest BCUT2D eigenvalue weighted by atomic mass is 9.99. The van der Waals surface area contributed by atoms with Gasteiger partial charge < -0.3 is 15.3 Å². The van der Waals surface area contributed by atoms with Gasteiger partial charge in [0.25, 0.3) is 0 Å². The van der Waals surface area contributed by atoms with Crippen LogP contribution in [0.25, 0.3) is 0 Å². The molecule has 5 nitrogen and oxygen atoms in total. The summed E-state index contributed by atoms with van der Waals surface area (Å²) < 4.78 is 0. The minimum absolute atomic E-state index is 0.0475. The number of carbonyl (C=O) groups is 2. The van der Waals surface area contributed by atoms with Crippen LogP contribution < -0.4 is 5.32 Å². The minimum Gasteiger partial charge on any atom is -0.481 e. The smallest absolute Gasteiger partial charge is 0.317 e. The van der Waals surface area contributed by atoms with Gasteiger partial charge in [0.05, 0.1) is 6.42 Å². The maximum Gasteiger partial charge on any atom is 0.317 e. The van der Waals surface area contributed by atoms with Gasteiger partial charge in [0.2, 0.25) is 0 Å². The Balaban J connectivity index is 2.63. The molecule has 1 saturated heterocycles. The van der Waals surface area contributed by atoms with Crippen LogP contribution in [0.2, 0.25) is 0 Å². The molecule has 1 aliphatic heterocycles. The van der Waals surface area contributed by atoms with E-state index in [1.54, 1.807) is 4.90 Å². The van der Waals surface area contributed by atoms with E-state index in [4.69, 9.17) is 5.11 Å². The van der Waals surface area contributed by atoms with E-state index in [0.717, 1.165) is 25.7 Å². The van der Waals surface area contributed by atoms with Crippen molar-refractivity contribution in [2.24, 2.45) is 5.92 Å². The van der Waals surface area contributed by atoms with Gasteiger partial charge in [0.1, 0.15) is 0 Å². The van der Waals surface area contributed by atoms with Crippen molar-refractivity contribution in [3.05, 3.63) is 0 Å². The number of urea groups is 1. The van der Waals surface area contributed by atoms with Gasteiger partial charge in [-0.05, 0) is 31.6 Å². The number of amides is 2. The molecule has 0 aromatic heterocycles. The summed E-state index contributed by atoms with van der Waals surface area (Å²) >= 11 is 0. The minimum atomic E-state index is -0.833. The Morgan fingerprint density at radius 2 is 2.05 bits per heavy atom. The van der Waals surface area contributed by atoms with Gasteiger partial charge in [-0.15, -0.1) is 0 Å². The number of carboxylic acids is 1. The SMILES string of the molecule is CCC(NC(=O)N1CCCCC1CC(=O)O)C(C)C. The number of carbonyl (C=O) groups excluding carboxylic acids is 1. The highest BCUT2D eigenvalue weighted by atomic mass is 16.4. The topological polar surface area (TPSA) is 69.6 Å². The third-order valence-electron chi connectivity index (χ3n) is 3.85. The van der Waals surface area contributed by atoms with Gasteiger partial charge in [-0.2, -0.15) is 0 Å². The van der Waals surface area contributed by atoms with Crippen molar-refractivity contribution in [3.63, 3.8) is 0 Å². The average Bonchev–Trinajstić information content (AvgIpc) is 2.35. The molecule has 1 aliphatic rings. The van der Waals surface area contributed by atoms with Crippen LogP contribution >= 0.6 is 0 Å². The molecule has 0 saturated carbocycles. The number of carboxylic acid groups (broad SMARTS) is 1. The number of nitrogens with one attached hydrogen (secondary N) is 1. The molecule has 0 aromatic rings. The summed E-state index contributed by atoms with van der Waals surface area (Å²) in [6.07, 6.45) is 3.69. The summed E-state index contributed by atoms with van der Waals surface area (Å²) in [4.78, 5) is 24.9. The number of hydrogen-bond donors (Lipinski definition) is 2. The van der Waals surface area contributed by atoms with Crippen LogP contribution in [0.15, 0.2) is 0 Å². The van der Waals surface area contributed by atoms with Crippen LogP contribution in [0.5, 0.6) is 0 Å². The van der Waals surface area contributed by atoms with E-state index in [1.165, 1.54) is 0 Å². The molecule has 110 valence electrons. The Bertz CT molecular complexity index is 318. The lowest BCUT2D eigenvalue weighted by molar-refractivity contribution is -0.138. The fourth-order valence-corrected chi connectivity index (χ4v) is 2.66. The van der Waals surface area contributed by atoms with Crippen molar-refractivity contribution in [1.82, 2.24) is 10.2 Å². The van der Waals surface area contributed by atoms with Crippen molar-refractivity contribution in [3.8, 4) is 0 Å². The Morgan fingerprint density at radius 1 is 1.37 bits per heavy atom. The van der Waals surface area contributed by atoms with E-state index in [1.807, 2.05) is 0 Å².